The molecule has 0 bridgehead atoms. The van der Waals surface area contributed by atoms with E-state index < -0.39 is 0 Å². The number of benzene rings is 2. The average Bonchev–Trinajstić information content (AvgIpc) is 3.30. The van der Waals surface area contributed by atoms with Crippen LogP contribution in [0.3, 0.4) is 0 Å². The molecule has 2 aromatic carbocycles. The number of ether oxygens (including phenoxy) is 2. The van der Waals surface area contributed by atoms with Crippen LogP contribution >= 0.6 is 11.6 Å². The van der Waals surface area contributed by atoms with Gasteiger partial charge in [-0.15, -0.1) is 0 Å². The van der Waals surface area contributed by atoms with Crippen molar-refractivity contribution in [2.24, 2.45) is 5.92 Å². The van der Waals surface area contributed by atoms with E-state index in [0.29, 0.717) is 17.5 Å². The van der Waals surface area contributed by atoms with Crippen molar-refractivity contribution < 1.29 is 14.3 Å². The van der Waals surface area contributed by atoms with Crippen LogP contribution in [-0.4, -0.2) is 35.1 Å². The molecule has 0 aliphatic heterocycles. The summed E-state index contributed by atoms with van der Waals surface area (Å²) in [6.45, 7) is 6.19. The number of amides is 1. The molecule has 0 saturated carbocycles. The van der Waals surface area contributed by atoms with E-state index in [0.717, 1.165) is 47.7 Å². The number of para-hydroxylation sites is 2. The molecule has 33 heavy (non-hydrogen) atoms. The van der Waals surface area contributed by atoms with E-state index in [9.17, 15) is 4.79 Å². The van der Waals surface area contributed by atoms with Crippen LogP contribution in [-0.2, 0) is 17.6 Å². The van der Waals surface area contributed by atoms with Gasteiger partial charge in [-0.25, -0.2) is 9.48 Å². The first-order valence-corrected chi connectivity index (χ1v) is 11.6. The number of carbonyl (C=O) groups excluding carboxylic acids is 1. The smallest absolute Gasteiger partial charge is 0.407 e. The first-order chi connectivity index (χ1) is 15.7. The summed E-state index contributed by atoms with van der Waals surface area (Å²) in [6, 6.07) is 15.7. The van der Waals surface area contributed by atoms with Crippen molar-refractivity contribution in [3.8, 4) is 22.7 Å². The van der Waals surface area contributed by atoms with E-state index in [2.05, 4.69) is 5.32 Å². The average molecular weight is 468 g/mol. The minimum absolute atomic E-state index is 0.309. The molecule has 0 saturated heterocycles. The number of nitrogens with one attached hydrogen (secondary N) is 1. The number of methoxy groups -OCH3 is 1. The van der Waals surface area contributed by atoms with Gasteiger partial charge in [-0.1, -0.05) is 35.9 Å². The van der Waals surface area contributed by atoms with Crippen LogP contribution in [0.15, 0.2) is 48.5 Å². The van der Waals surface area contributed by atoms with E-state index in [4.69, 9.17) is 26.2 Å². The second-order valence-corrected chi connectivity index (χ2v) is 9.87. The Hall–Kier alpha value is -2.99. The number of alkyl carbamates (subject to hydrolysis) is 1. The Labute approximate surface area is 199 Å². The SMILES string of the molecule is COc1ccccc1-n1nc2c(c1-c1ccc(Cl)cc1)CC(CCOC(=O)NC(C)(C)C)C2. The first kappa shape index (κ1) is 23.2. The maximum Gasteiger partial charge on any atom is 0.407 e. The molecule has 174 valence electrons. The van der Waals surface area contributed by atoms with Crippen molar-refractivity contribution in [2.45, 2.75) is 45.6 Å². The van der Waals surface area contributed by atoms with Gasteiger partial charge in [-0.05, 0) is 70.2 Å². The normalized spacial score (nSPS) is 15.2. The van der Waals surface area contributed by atoms with E-state index in [1.165, 1.54) is 5.56 Å². The quantitative estimate of drug-likeness (QED) is 0.495. The first-order valence-electron chi connectivity index (χ1n) is 11.2. The molecule has 1 aliphatic carbocycles. The number of rotatable bonds is 6. The maximum atomic E-state index is 12.0. The largest absolute Gasteiger partial charge is 0.494 e. The summed E-state index contributed by atoms with van der Waals surface area (Å²) >= 11 is 6.15. The van der Waals surface area contributed by atoms with Crippen LogP contribution in [0.5, 0.6) is 5.75 Å². The van der Waals surface area contributed by atoms with Crippen LogP contribution in [0.2, 0.25) is 5.02 Å². The van der Waals surface area contributed by atoms with E-state index in [1.807, 2.05) is 74.0 Å². The van der Waals surface area contributed by atoms with Crippen LogP contribution in [0.4, 0.5) is 4.79 Å². The Morgan fingerprint density at radius 2 is 1.88 bits per heavy atom. The summed E-state index contributed by atoms with van der Waals surface area (Å²) in [5.41, 5.74) is 5.01. The number of hydrogen-bond acceptors (Lipinski definition) is 4. The fourth-order valence-electron chi connectivity index (χ4n) is 4.26. The summed E-state index contributed by atoms with van der Waals surface area (Å²) in [6.07, 6.45) is 2.15. The van der Waals surface area contributed by atoms with Crippen molar-refractivity contribution >= 4 is 17.7 Å². The molecule has 0 spiro atoms. The molecule has 7 heteroatoms. The molecule has 4 rings (SSSR count). The number of hydrogen-bond donors (Lipinski definition) is 1. The summed E-state index contributed by atoms with van der Waals surface area (Å²) in [5, 5.41) is 8.52. The number of fused-ring (bicyclic) bond motifs is 1. The topological polar surface area (TPSA) is 65.4 Å². The summed E-state index contributed by atoms with van der Waals surface area (Å²) in [4.78, 5) is 12.0. The lowest BCUT2D eigenvalue weighted by Gasteiger charge is -2.20. The zero-order valence-corrected chi connectivity index (χ0v) is 20.3. The van der Waals surface area contributed by atoms with Gasteiger partial charge in [0.1, 0.15) is 11.4 Å². The lowest BCUT2D eigenvalue weighted by atomic mass is 10.0. The third-order valence-electron chi connectivity index (χ3n) is 5.71. The lowest BCUT2D eigenvalue weighted by Crippen LogP contribution is -2.41. The number of halogens is 1. The van der Waals surface area contributed by atoms with Crippen molar-refractivity contribution in [1.29, 1.82) is 0 Å². The van der Waals surface area contributed by atoms with Gasteiger partial charge in [0.15, 0.2) is 0 Å². The van der Waals surface area contributed by atoms with Crippen LogP contribution < -0.4 is 10.1 Å². The lowest BCUT2D eigenvalue weighted by molar-refractivity contribution is 0.131. The molecule has 1 unspecified atom stereocenters. The van der Waals surface area contributed by atoms with Crippen LogP contribution in [0.25, 0.3) is 16.9 Å². The fraction of sp³-hybridized carbons (Fsp3) is 0.385. The second kappa shape index (κ2) is 9.48. The van der Waals surface area contributed by atoms with Crippen molar-refractivity contribution in [1.82, 2.24) is 15.1 Å². The molecule has 1 aliphatic rings. The molecule has 3 aromatic rings. The molecule has 1 N–H and O–H groups in total. The van der Waals surface area contributed by atoms with Gasteiger partial charge in [0.05, 0.1) is 25.1 Å². The highest BCUT2D eigenvalue weighted by molar-refractivity contribution is 6.30. The molecular weight excluding hydrogens is 438 g/mol. The Bertz CT molecular complexity index is 1130. The summed E-state index contributed by atoms with van der Waals surface area (Å²) in [5.74, 6) is 1.15. The molecule has 1 heterocycles. The maximum absolute atomic E-state index is 12.0. The molecule has 6 nitrogen and oxygen atoms in total. The third-order valence-corrected chi connectivity index (χ3v) is 5.96. The molecule has 1 amide bonds. The van der Waals surface area contributed by atoms with Crippen molar-refractivity contribution in [3.05, 3.63) is 64.8 Å². The second-order valence-electron chi connectivity index (χ2n) is 9.44. The monoisotopic (exact) mass is 467 g/mol. The summed E-state index contributed by atoms with van der Waals surface area (Å²) in [7, 11) is 1.67. The van der Waals surface area contributed by atoms with Gasteiger partial charge in [0, 0.05) is 21.7 Å². The standard InChI is InChI=1S/C26H30ClN3O3/c1-26(2,3)28-25(31)33-14-13-17-15-20-21(16-17)29-30(22-7-5-6-8-23(22)32-4)24(20)18-9-11-19(27)12-10-18/h5-12,17H,13-16H2,1-4H3,(H,28,31). The van der Waals surface area contributed by atoms with Gasteiger partial charge in [-0.2, -0.15) is 5.10 Å². The predicted octanol–water partition coefficient (Wildman–Crippen LogP) is 5.83. The highest BCUT2D eigenvalue weighted by Gasteiger charge is 2.31. The van der Waals surface area contributed by atoms with Crippen molar-refractivity contribution in [3.63, 3.8) is 0 Å². The Morgan fingerprint density at radius 3 is 2.58 bits per heavy atom. The van der Waals surface area contributed by atoms with Gasteiger partial charge in [0.25, 0.3) is 0 Å². The van der Waals surface area contributed by atoms with E-state index in [1.54, 1.807) is 7.11 Å². The molecule has 1 aromatic heterocycles. The van der Waals surface area contributed by atoms with E-state index >= 15 is 0 Å². The zero-order valence-electron chi connectivity index (χ0n) is 19.5. The van der Waals surface area contributed by atoms with Crippen LogP contribution in [0, 0.1) is 5.92 Å². The number of aromatic nitrogens is 2. The van der Waals surface area contributed by atoms with E-state index in [-0.39, 0.29) is 11.6 Å². The fourth-order valence-corrected chi connectivity index (χ4v) is 4.38. The summed E-state index contributed by atoms with van der Waals surface area (Å²) < 4.78 is 13.0. The minimum Gasteiger partial charge on any atom is -0.494 e. The van der Waals surface area contributed by atoms with Gasteiger partial charge in [-0.3, -0.25) is 0 Å². The molecule has 1 atom stereocenters. The van der Waals surface area contributed by atoms with Gasteiger partial charge < -0.3 is 14.8 Å². The van der Waals surface area contributed by atoms with Gasteiger partial charge >= 0.3 is 6.09 Å². The number of nitrogens with zero attached hydrogens (tertiary/aromatic N) is 2. The molecule has 0 radical (unpaired) electrons. The molecule has 0 fully saturated rings. The minimum atomic E-state index is -0.374. The predicted molar refractivity (Wildman–Crippen MR) is 130 cm³/mol. The Kier molecular flexibility index (Phi) is 6.66. The highest BCUT2D eigenvalue weighted by Crippen LogP contribution is 2.39. The molecular formula is C26H30ClN3O3. The third kappa shape index (κ3) is 5.33. The number of carbonyl (C=O) groups is 1. The van der Waals surface area contributed by atoms with Crippen molar-refractivity contribution in [2.75, 3.05) is 13.7 Å². The Morgan fingerprint density at radius 1 is 1.15 bits per heavy atom. The van der Waals surface area contributed by atoms with Crippen LogP contribution in [0.1, 0.15) is 38.4 Å². The highest BCUT2D eigenvalue weighted by atomic mass is 35.5. The zero-order chi connectivity index (χ0) is 23.6. The Balaban J connectivity index is 1.57. The van der Waals surface area contributed by atoms with Gasteiger partial charge in [0.2, 0.25) is 0 Å².